The van der Waals surface area contributed by atoms with Crippen molar-refractivity contribution in [3.8, 4) is 0 Å². The predicted molar refractivity (Wildman–Crippen MR) is 89.5 cm³/mol. The molecule has 0 saturated carbocycles. The summed E-state index contributed by atoms with van der Waals surface area (Å²) in [5.74, 6) is -1.74. The molecule has 0 radical (unpaired) electrons. The molecule has 1 atom stereocenters. The number of likely N-dealkylation sites (N-methyl/N-ethyl adjacent to an activating group) is 1. The lowest BCUT2D eigenvalue weighted by Gasteiger charge is -2.23. The highest BCUT2D eigenvalue weighted by molar-refractivity contribution is 7.99. The first kappa shape index (κ1) is 17.3. The average molecular weight is 333 g/mol. The van der Waals surface area contributed by atoms with Gasteiger partial charge in [0.25, 0.3) is 5.91 Å². The van der Waals surface area contributed by atoms with E-state index >= 15 is 0 Å². The van der Waals surface area contributed by atoms with Gasteiger partial charge >= 0.3 is 5.97 Å². The van der Waals surface area contributed by atoms with Crippen LogP contribution in [-0.4, -0.2) is 45.8 Å². The summed E-state index contributed by atoms with van der Waals surface area (Å²) in [6.45, 7) is 4.17. The van der Waals surface area contributed by atoms with Crippen LogP contribution in [0.3, 0.4) is 0 Å². The quantitative estimate of drug-likeness (QED) is 0.810. The maximum atomic E-state index is 12.9. The Labute approximate surface area is 139 Å². The van der Waals surface area contributed by atoms with E-state index in [9.17, 15) is 14.4 Å². The predicted octanol–water partition coefficient (Wildman–Crippen LogP) is 2.50. The van der Waals surface area contributed by atoms with Gasteiger partial charge in [-0.1, -0.05) is 29.8 Å². The van der Waals surface area contributed by atoms with Crippen LogP contribution in [0.25, 0.3) is 0 Å². The maximum Gasteiger partial charge on any atom is 0.308 e. The second kappa shape index (κ2) is 7.00. The smallest absolute Gasteiger partial charge is 0.308 e. The second-order valence-electron chi connectivity index (χ2n) is 5.34. The van der Waals surface area contributed by atoms with Crippen molar-refractivity contribution >= 4 is 29.4 Å². The summed E-state index contributed by atoms with van der Waals surface area (Å²) in [6, 6.07) is 7.07. The fraction of sp³-hybridized carbons (Fsp3) is 0.353. The van der Waals surface area contributed by atoms with Gasteiger partial charge in [0.05, 0.1) is 6.42 Å². The fourth-order valence-electron chi connectivity index (χ4n) is 2.69. The van der Waals surface area contributed by atoms with E-state index in [2.05, 4.69) is 0 Å². The monoisotopic (exact) mass is 333 g/mol. The van der Waals surface area contributed by atoms with Crippen molar-refractivity contribution in [1.29, 1.82) is 0 Å². The molecule has 1 amide bonds. The van der Waals surface area contributed by atoms with Gasteiger partial charge in [0.15, 0.2) is 5.78 Å². The van der Waals surface area contributed by atoms with E-state index in [0.29, 0.717) is 17.7 Å². The van der Waals surface area contributed by atoms with Gasteiger partial charge in [-0.2, -0.15) is 0 Å². The van der Waals surface area contributed by atoms with Gasteiger partial charge in [0, 0.05) is 23.3 Å². The maximum absolute atomic E-state index is 12.9. The first-order chi connectivity index (χ1) is 10.9. The number of Topliss-reactive ketones (excluding diaryl/α,β-unsaturated/α-hetero) is 1. The molecular formula is C17H19NO4S. The molecule has 1 heterocycles. The Bertz CT molecular complexity index is 678. The molecule has 0 aliphatic carbocycles. The Kier molecular flexibility index (Phi) is 5.26. The van der Waals surface area contributed by atoms with E-state index in [0.717, 1.165) is 5.56 Å². The molecule has 1 N–H and O–H groups in total. The third kappa shape index (κ3) is 3.32. The molecule has 1 aromatic rings. The molecule has 0 saturated heterocycles. The molecule has 6 heteroatoms. The molecule has 2 rings (SSSR count). The minimum atomic E-state index is -1.11. The zero-order valence-electron chi connectivity index (χ0n) is 13.3. The number of rotatable bonds is 6. The molecule has 0 fully saturated rings. The van der Waals surface area contributed by atoms with Crippen molar-refractivity contribution in [2.24, 2.45) is 0 Å². The van der Waals surface area contributed by atoms with Crippen LogP contribution in [0.4, 0.5) is 0 Å². The Morgan fingerprint density at radius 3 is 2.35 bits per heavy atom. The molecule has 0 aromatic heterocycles. The summed E-state index contributed by atoms with van der Waals surface area (Å²) in [7, 11) is 0. The van der Waals surface area contributed by atoms with Gasteiger partial charge in [-0.25, -0.2) is 0 Å². The van der Waals surface area contributed by atoms with E-state index in [4.69, 9.17) is 5.11 Å². The van der Waals surface area contributed by atoms with Crippen molar-refractivity contribution in [2.45, 2.75) is 25.6 Å². The van der Waals surface area contributed by atoms with Gasteiger partial charge in [-0.3, -0.25) is 14.4 Å². The number of thioether (sulfide) groups is 1. The molecule has 5 nitrogen and oxygen atoms in total. The largest absolute Gasteiger partial charge is 0.481 e. The normalized spacial score (nSPS) is 17.8. The number of benzene rings is 1. The lowest BCUT2D eigenvalue weighted by molar-refractivity contribution is -0.137. The summed E-state index contributed by atoms with van der Waals surface area (Å²) in [4.78, 5) is 38.0. The zero-order chi connectivity index (χ0) is 17.1. The number of carbonyl (C=O) groups excluding carboxylic acids is 2. The highest BCUT2D eigenvalue weighted by atomic mass is 32.2. The summed E-state index contributed by atoms with van der Waals surface area (Å²) in [5.41, 5.74) is 1.90. The van der Waals surface area contributed by atoms with Crippen molar-refractivity contribution < 1.29 is 19.5 Å². The Morgan fingerprint density at radius 2 is 1.87 bits per heavy atom. The number of carboxylic acids is 1. The van der Waals surface area contributed by atoms with Gasteiger partial charge in [0.1, 0.15) is 5.37 Å². The molecule has 1 aliphatic heterocycles. The molecule has 122 valence electrons. The first-order valence-electron chi connectivity index (χ1n) is 7.30. The van der Waals surface area contributed by atoms with Gasteiger partial charge in [-0.05, 0) is 20.1 Å². The van der Waals surface area contributed by atoms with Crippen LogP contribution < -0.4 is 0 Å². The molecule has 23 heavy (non-hydrogen) atoms. The Balaban J connectivity index is 2.52. The molecule has 1 unspecified atom stereocenters. The lowest BCUT2D eigenvalue weighted by atomic mass is 9.98. The summed E-state index contributed by atoms with van der Waals surface area (Å²) >= 11 is 1.37. The van der Waals surface area contributed by atoms with Crippen LogP contribution in [0.15, 0.2) is 35.4 Å². The molecule has 0 bridgehead atoms. The first-order valence-corrected chi connectivity index (χ1v) is 8.59. The molecular weight excluding hydrogens is 314 g/mol. The number of carbonyl (C=O) groups is 3. The molecule has 1 aromatic carbocycles. The number of amides is 1. The van der Waals surface area contributed by atoms with E-state index in [1.54, 1.807) is 17.0 Å². The zero-order valence-corrected chi connectivity index (χ0v) is 14.1. The number of hydrogen-bond acceptors (Lipinski definition) is 4. The number of aryl methyl sites for hydroxylation is 1. The minimum absolute atomic E-state index is 0.101. The summed E-state index contributed by atoms with van der Waals surface area (Å²) in [6.07, 6.45) is 1.38. The topological polar surface area (TPSA) is 74.7 Å². The van der Waals surface area contributed by atoms with Crippen molar-refractivity contribution in [3.05, 3.63) is 46.5 Å². The van der Waals surface area contributed by atoms with Crippen molar-refractivity contribution in [1.82, 2.24) is 4.90 Å². The fourth-order valence-corrected chi connectivity index (χ4v) is 3.67. The second-order valence-corrected chi connectivity index (χ2v) is 6.26. The van der Waals surface area contributed by atoms with E-state index in [-0.39, 0.29) is 17.3 Å². The number of carboxylic acid groups (broad SMARTS) is 1. The van der Waals surface area contributed by atoms with Gasteiger partial charge in [-0.15, -0.1) is 11.8 Å². The van der Waals surface area contributed by atoms with Crippen LogP contribution >= 0.6 is 11.8 Å². The van der Waals surface area contributed by atoms with Gasteiger partial charge < -0.3 is 10.0 Å². The number of aliphatic carboxylic acids is 1. The third-order valence-electron chi connectivity index (χ3n) is 3.82. The standard InChI is InChI=1S/C17H19NO4S/c1-4-18-16(22)12(9-13(19)20)14(17(18)23-3)15(21)11-7-5-10(2)6-8-11/h5-8,17H,4,9H2,1-3H3,(H,19,20). The van der Waals surface area contributed by atoms with E-state index in [1.165, 1.54) is 11.8 Å². The Hall–Kier alpha value is -2.08. The molecule has 1 aliphatic rings. The number of nitrogens with zero attached hydrogens (tertiary/aromatic N) is 1. The Morgan fingerprint density at radius 1 is 1.26 bits per heavy atom. The van der Waals surface area contributed by atoms with Crippen LogP contribution in [0.1, 0.15) is 29.3 Å². The minimum Gasteiger partial charge on any atom is -0.481 e. The average Bonchev–Trinajstić information content (AvgIpc) is 2.78. The summed E-state index contributed by atoms with van der Waals surface area (Å²) < 4.78 is 0. The van der Waals surface area contributed by atoms with Gasteiger partial charge in [0.2, 0.25) is 0 Å². The van der Waals surface area contributed by atoms with Crippen molar-refractivity contribution in [3.63, 3.8) is 0 Å². The number of hydrogen-bond donors (Lipinski definition) is 1. The van der Waals surface area contributed by atoms with E-state index in [1.807, 2.05) is 32.2 Å². The number of ketones is 1. The van der Waals surface area contributed by atoms with Crippen molar-refractivity contribution in [2.75, 3.05) is 12.8 Å². The van der Waals surface area contributed by atoms with E-state index < -0.39 is 17.8 Å². The highest BCUT2D eigenvalue weighted by Crippen LogP contribution is 2.35. The lowest BCUT2D eigenvalue weighted by Crippen LogP contribution is -2.34. The molecule has 0 spiro atoms. The third-order valence-corrected chi connectivity index (χ3v) is 4.76. The van der Waals surface area contributed by atoms with Crippen LogP contribution in [0.2, 0.25) is 0 Å². The van der Waals surface area contributed by atoms with Crippen LogP contribution in [-0.2, 0) is 9.59 Å². The SMILES string of the molecule is CCN1C(=O)C(CC(=O)O)=C(C(=O)c2ccc(C)cc2)C1SC. The van der Waals surface area contributed by atoms with Crippen LogP contribution in [0, 0.1) is 6.92 Å². The van der Waals surface area contributed by atoms with Crippen LogP contribution in [0.5, 0.6) is 0 Å². The summed E-state index contributed by atoms with van der Waals surface area (Å²) in [5, 5.41) is 8.66. The highest BCUT2D eigenvalue weighted by Gasteiger charge is 2.41.